The smallest absolute Gasteiger partial charge is 0.334 e. The van der Waals surface area contributed by atoms with Crippen molar-refractivity contribution in [3.8, 4) is 0 Å². The van der Waals surface area contributed by atoms with E-state index in [9.17, 15) is 9.59 Å². The minimum absolute atomic E-state index is 0.0925. The lowest BCUT2D eigenvalue weighted by atomic mass is 10.1. The lowest BCUT2D eigenvalue weighted by molar-refractivity contribution is -0.147. The molecule has 2 atom stereocenters. The van der Waals surface area contributed by atoms with Crippen molar-refractivity contribution >= 4 is 27.9 Å². The van der Waals surface area contributed by atoms with Crippen LogP contribution in [0.2, 0.25) is 0 Å². The van der Waals surface area contributed by atoms with Crippen molar-refractivity contribution in [1.82, 2.24) is 10.6 Å². The molecule has 6 nitrogen and oxygen atoms in total. The lowest BCUT2D eigenvalue weighted by Gasteiger charge is -2.16. The Morgan fingerprint density at radius 2 is 1.95 bits per heavy atom. The van der Waals surface area contributed by atoms with Gasteiger partial charge in [0.25, 0.3) is 0 Å². The molecule has 2 unspecified atom stereocenters. The quantitative estimate of drug-likeness (QED) is 0.735. The minimum atomic E-state index is -1.12. The molecule has 0 aliphatic heterocycles. The average molecular weight is 345 g/mol. The molecule has 1 aromatic carbocycles. The number of carboxylic acids is 1. The van der Waals surface area contributed by atoms with Crippen molar-refractivity contribution in [2.24, 2.45) is 0 Å². The molecule has 0 heterocycles. The van der Waals surface area contributed by atoms with Crippen LogP contribution in [0.25, 0.3) is 0 Å². The Balaban J connectivity index is 2.45. The molecule has 7 heteroatoms. The standard InChI is InChI=1S/C13H17BrN2O4/c1-8(9-3-5-10(14)6-4-9)16-13(19)15-7-11(20-2)12(17)18/h3-6,8,11H,7H2,1-2H3,(H,17,18)(H2,15,16,19). The fraction of sp³-hybridized carbons (Fsp3) is 0.385. The van der Waals surface area contributed by atoms with Gasteiger partial charge in [0.05, 0.1) is 12.6 Å². The zero-order chi connectivity index (χ0) is 15.1. The first kappa shape index (κ1) is 16.5. The molecule has 1 aromatic rings. The van der Waals surface area contributed by atoms with Crippen molar-refractivity contribution in [2.45, 2.75) is 19.1 Å². The van der Waals surface area contributed by atoms with Gasteiger partial charge in [-0.05, 0) is 24.6 Å². The number of halogens is 1. The molecule has 0 aromatic heterocycles. The molecule has 0 saturated carbocycles. The topological polar surface area (TPSA) is 87.7 Å². The molecule has 2 amide bonds. The molecule has 0 saturated heterocycles. The van der Waals surface area contributed by atoms with Gasteiger partial charge in [0.2, 0.25) is 0 Å². The van der Waals surface area contributed by atoms with Crippen LogP contribution in [0.3, 0.4) is 0 Å². The number of rotatable bonds is 6. The number of amides is 2. The predicted molar refractivity (Wildman–Crippen MR) is 77.5 cm³/mol. The number of hydrogen-bond donors (Lipinski definition) is 3. The van der Waals surface area contributed by atoms with Gasteiger partial charge in [0.15, 0.2) is 6.10 Å². The van der Waals surface area contributed by atoms with Gasteiger partial charge in [-0.3, -0.25) is 0 Å². The normalized spacial score (nSPS) is 13.3. The van der Waals surface area contributed by atoms with Crippen molar-refractivity contribution < 1.29 is 19.4 Å². The fourth-order valence-electron chi connectivity index (χ4n) is 1.54. The molecule has 3 N–H and O–H groups in total. The molecular formula is C13H17BrN2O4. The Bertz CT molecular complexity index is 464. The molecule has 1 rings (SSSR count). The third kappa shape index (κ3) is 5.18. The first-order valence-electron chi connectivity index (χ1n) is 5.99. The van der Waals surface area contributed by atoms with Gasteiger partial charge >= 0.3 is 12.0 Å². The summed E-state index contributed by atoms with van der Waals surface area (Å²) in [6.45, 7) is 1.75. The lowest BCUT2D eigenvalue weighted by Crippen LogP contribution is -2.43. The van der Waals surface area contributed by atoms with E-state index in [1.54, 1.807) is 0 Å². The van der Waals surface area contributed by atoms with Crippen molar-refractivity contribution in [2.75, 3.05) is 13.7 Å². The summed E-state index contributed by atoms with van der Waals surface area (Å²) in [4.78, 5) is 22.4. The molecule has 110 valence electrons. The summed E-state index contributed by atoms with van der Waals surface area (Å²) in [5, 5.41) is 14.0. The second kappa shape index (κ2) is 7.86. The Morgan fingerprint density at radius 3 is 2.45 bits per heavy atom. The van der Waals surface area contributed by atoms with Crippen LogP contribution < -0.4 is 10.6 Å². The summed E-state index contributed by atoms with van der Waals surface area (Å²) in [6.07, 6.45) is -1.05. The number of benzene rings is 1. The van der Waals surface area contributed by atoms with E-state index in [0.29, 0.717) is 0 Å². The van der Waals surface area contributed by atoms with E-state index in [4.69, 9.17) is 9.84 Å². The van der Waals surface area contributed by atoms with Crippen LogP contribution in [0.1, 0.15) is 18.5 Å². The summed E-state index contributed by atoms with van der Waals surface area (Å²) >= 11 is 3.34. The number of methoxy groups -OCH3 is 1. The van der Waals surface area contributed by atoms with Crippen LogP contribution in [-0.2, 0) is 9.53 Å². The minimum Gasteiger partial charge on any atom is -0.479 e. The van der Waals surface area contributed by atoms with Gasteiger partial charge < -0.3 is 20.5 Å². The summed E-state index contributed by atoms with van der Waals surface area (Å²) < 4.78 is 5.68. The highest BCUT2D eigenvalue weighted by Crippen LogP contribution is 2.16. The number of urea groups is 1. The molecule has 20 heavy (non-hydrogen) atoms. The molecule has 0 spiro atoms. The molecule has 0 radical (unpaired) electrons. The van der Waals surface area contributed by atoms with Crippen LogP contribution >= 0.6 is 15.9 Å². The molecule has 0 aliphatic carbocycles. The Hall–Kier alpha value is -1.60. The van der Waals surface area contributed by atoms with E-state index < -0.39 is 18.1 Å². The molecule has 0 aliphatic rings. The average Bonchev–Trinajstić information content (AvgIpc) is 2.39. The second-order valence-electron chi connectivity index (χ2n) is 4.19. The monoisotopic (exact) mass is 344 g/mol. The Kier molecular flexibility index (Phi) is 6.47. The maximum Gasteiger partial charge on any atom is 0.334 e. The van der Waals surface area contributed by atoms with Gasteiger partial charge in [-0.15, -0.1) is 0 Å². The van der Waals surface area contributed by atoms with Crippen molar-refractivity contribution in [1.29, 1.82) is 0 Å². The van der Waals surface area contributed by atoms with Crippen LogP contribution in [0.5, 0.6) is 0 Å². The van der Waals surface area contributed by atoms with Gasteiger partial charge in [0.1, 0.15) is 0 Å². The molecular weight excluding hydrogens is 328 g/mol. The Labute approximate surface area is 125 Å². The van der Waals surface area contributed by atoms with Gasteiger partial charge in [-0.25, -0.2) is 9.59 Å². The molecule has 0 fully saturated rings. The van der Waals surface area contributed by atoms with E-state index in [1.807, 2.05) is 31.2 Å². The number of nitrogens with one attached hydrogen (secondary N) is 2. The maximum atomic E-state index is 11.7. The summed E-state index contributed by atoms with van der Waals surface area (Å²) in [5.74, 6) is -1.12. The predicted octanol–water partition coefficient (Wildman–Crippen LogP) is 1.91. The largest absolute Gasteiger partial charge is 0.479 e. The summed E-state index contributed by atoms with van der Waals surface area (Å²) in [5.41, 5.74) is 0.949. The number of carboxylic acid groups (broad SMARTS) is 1. The zero-order valence-corrected chi connectivity index (χ0v) is 12.8. The number of aliphatic carboxylic acids is 1. The van der Waals surface area contributed by atoms with E-state index in [-0.39, 0.29) is 12.6 Å². The van der Waals surface area contributed by atoms with Gasteiger partial charge in [-0.2, -0.15) is 0 Å². The highest BCUT2D eigenvalue weighted by Gasteiger charge is 2.17. The third-order valence-electron chi connectivity index (χ3n) is 2.73. The summed E-state index contributed by atoms with van der Waals surface area (Å²) in [7, 11) is 1.28. The highest BCUT2D eigenvalue weighted by atomic mass is 79.9. The van der Waals surface area contributed by atoms with Crippen LogP contribution in [0.4, 0.5) is 4.79 Å². The van der Waals surface area contributed by atoms with Crippen LogP contribution in [-0.4, -0.2) is 36.9 Å². The zero-order valence-electron chi connectivity index (χ0n) is 11.2. The van der Waals surface area contributed by atoms with Crippen LogP contribution in [0, 0.1) is 0 Å². The number of carbonyl (C=O) groups excluding carboxylic acids is 1. The van der Waals surface area contributed by atoms with E-state index in [2.05, 4.69) is 26.6 Å². The van der Waals surface area contributed by atoms with Gasteiger partial charge in [0, 0.05) is 11.6 Å². The first-order valence-corrected chi connectivity index (χ1v) is 6.78. The molecule has 0 bridgehead atoms. The summed E-state index contributed by atoms with van der Waals surface area (Å²) in [6, 6.07) is 6.93. The SMILES string of the molecule is COC(CNC(=O)NC(C)c1ccc(Br)cc1)C(=O)O. The maximum absolute atomic E-state index is 11.7. The first-order chi connectivity index (χ1) is 9.43. The van der Waals surface area contributed by atoms with Crippen molar-refractivity contribution in [3.05, 3.63) is 34.3 Å². The second-order valence-corrected chi connectivity index (χ2v) is 5.11. The number of hydrogen-bond acceptors (Lipinski definition) is 3. The fourth-order valence-corrected chi connectivity index (χ4v) is 1.80. The van der Waals surface area contributed by atoms with E-state index in [1.165, 1.54) is 7.11 Å². The Morgan fingerprint density at radius 1 is 1.35 bits per heavy atom. The van der Waals surface area contributed by atoms with E-state index >= 15 is 0 Å². The number of carbonyl (C=O) groups is 2. The van der Waals surface area contributed by atoms with Gasteiger partial charge in [-0.1, -0.05) is 28.1 Å². The van der Waals surface area contributed by atoms with Crippen molar-refractivity contribution in [3.63, 3.8) is 0 Å². The third-order valence-corrected chi connectivity index (χ3v) is 3.25. The number of ether oxygens (including phenoxy) is 1. The van der Waals surface area contributed by atoms with Crippen LogP contribution in [0.15, 0.2) is 28.7 Å². The van der Waals surface area contributed by atoms with E-state index in [0.717, 1.165) is 10.0 Å². The highest BCUT2D eigenvalue weighted by molar-refractivity contribution is 9.10.